The van der Waals surface area contributed by atoms with Crippen LogP contribution in [0.2, 0.25) is 0 Å². The maximum atomic E-state index is 10.7. The summed E-state index contributed by atoms with van der Waals surface area (Å²) in [6.45, 7) is 1.87. The van der Waals surface area contributed by atoms with E-state index in [1.165, 1.54) is 6.20 Å². The maximum Gasteiger partial charge on any atom is 0.258 e. The van der Waals surface area contributed by atoms with Crippen molar-refractivity contribution in [2.75, 3.05) is 6.61 Å². The van der Waals surface area contributed by atoms with E-state index < -0.39 is 5.91 Å². The van der Waals surface area contributed by atoms with Crippen LogP contribution < -0.4 is 5.73 Å². The van der Waals surface area contributed by atoms with Gasteiger partial charge in [0, 0.05) is 11.6 Å². The minimum absolute atomic E-state index is 0.302. The Hall–Kier alpha value is -3.95. The van der Waals surface area contributed by atoms with E-state index in [2.05, 4.69) is 36.5 Å². The third-order valence-corrected chi connectivity index (χ3v) is 4.01. The molecular weight excluding hydrogens is 360 g/mol. The fraction of sp³-hybridized carbons (Fsp3) is 0.167. The van der Waals surface area contributed by atoms with Crippen LogP contribution in [-0.2, 0) is 16.2 Å². The predicted molar refractivity (Wildman–Crippen MR) is 101 cm³/mol. The first-order valence-electron chi connectivity index (χ1n) is 8.45. The number of rotatable bonds is 6. The molecule has 1 aromatic carbocycles. The minimum Gasteiger partial charge on any atom is -0.385 e. The Morgan fingerprint density at radius 3 is 3.04 bits per heavy atom. The first kappa shape index (κ1) is 17.5. The van der Waals surface area contributed by atoms with Crippen LogP contribution in [0.1, 0.15) is 18.2 Å². The highest BCUT2D eigenvalue weighted by molar-refractivity contribution is 5.97. The van der Waals surface area contributed by atoms with E-state index in [1.807, 2.05) is 24.3 Å². The number of hydrogen-bond acceptors (Lipinski definition) is 8. The molecule has 0 aliphatic carbocycles. The van der Waals surface area contributed by atoms with Crippen molar-refractivity contribution in [1.29, 1.82) is 0 Å². The van der Waals surface area contributed by atoms with Crippen molar-refractivity contribution in [2.24, 2.45) is 10.9 Å². The van der Waals surface area contributed by atoms with Crippen molar-refractivity contribution in [3.8, 4) is 0 Å². The summed E-state index contributed by atoms with van der Waals surface area (Å²) < 4.78 is 1.67. The lowest BCUT2D eigenvalue weighted by molar-refractivity contribution is -0.122. The molecule has 0 atom stereocenters. The average Bonchev–Trinajstić information content (AvgIpc) is 3.09. The molecule has 3 heterocycles. The Bertz CT molecular complexity index is 1200. The van der Waals surface area contributed by atoms with E-state index in [0.29, 0.717) is 29.2 Å². The molecule has 10 heteroatoms. The quantitative estimate of drug-likeness (QED) is 0.392. The molecule has 0 fully saturated rings. The van der Waals surface area contributed by atoms with Crippen LogP contribution in [0.15, 0.2) is 47.9 Å². The van der Waals surface area contributed by atoms with Gasteiger partial charge in [0.15, 0.2) is 12.3 Å². The summed E-state index contributed by atoms with van der Waals surface area (Å²) in [4.78, 5) is 28.7. The second-order valence-corrected chi connectivity index (χ2v) is 6.10. The average molecular weight is 376 g/mol. The normalized spacial score (nSPS) is 11.8. The lowest BCUT2D eigenvalue weighted by Gasteiger charge is -2.05. The Balaban J connectivity index is 1.62. The molecule has 0 saturated carbocycles. The van der Waals surface area contributed by atoms with Gasteiger partial charge >= 0.3 is 0 Å². The molecule has 0 aliphatic heterocycles. The number of hydrogen-bond donors (Lipinski definition) is 1. The molecule has 1 amide bonds. The highest BCUT2D eigenvalue weighted by Gasteiger charge is 2.11. The van der Waals surface area contributed by atoms with E-state index in [4.69, 9.17) is 10.6 Å². The second-order valence-electron chi connectivity index (χ2n) is 6.10. The molecule has 0 aliphatic rings. The number of aromatic nitrogens is 6. The summed E-state index contributed by atoms with van der Waals surface area (Å²) in [5.74, 6) is -0.606. The Kier molecular flexibility index (Phi) is 4.58. The van der Waals surface area contributed by atoms with Crippen molar-refractivity contribution in [3.63, 3.8) is 0 Å². The highest BCUT2D eigenvalue weighted by Crippen LogP contribution is 2.15. The topological polar surface area (TPSA) is 134 Å². The fourth-order valence-corrected chi connectivity index (χ4v) is 2.67. The van der Waals surface area contributed by atoms with Gasteiger partial charge in [-0.1, -0.05) is 22.5 Å². The molecule has 2 N–H and O–H groups in total. The van der Waals surface area contributed by atoms with Gasteiger partial charge in [-0.2, -0.15) is 0 Å². The van der Waals surface area contributed by atoms with Crippen LogP contribution in [0.5, 0.6) is 0 Å². The summed E-state index contributed by atoms with van der Waals surface area (Å²) >= 11 is 0. The summed E-state index contributed by atoms with van der Waals surface area (Å²) in [5, 5.41) is 13.1. The molecule has 0 saturated heterocycles. The van der Waals surface area contributed by atoms with Crippen molar-refractivity contribution in [1.82, 2.24) is 29.9 Å². The van der Waals surface area contributed by atoms with Crippen LogP contribution in [0.3, 0.4) is 0 Å². The van der Waals surface area contributed by atoms with Crippen LogP contribution in [0.4, 0.5) is 0 Å². The summed E-state index contributed by atoms with van der Waals surface area (Å²) in [6.07, 6.45) is 3.29. The molecule has 4 rings (SSSR count). The van der Waals surface area contributed by atoms with Crippen LogP contribution >= 0.6 is 0 Å². The summed E-state index contributed by atoms with van der Waals surface area (Å²) in [7, 11) is 0. The molecule has 4 aromatic rings. The van der Waals surface area contributed by atoms with Gasteiger partial charge in [-0.15, -0.1) is 5.10 Å². The zero-order chi connectivity index (χ0) is 19.5. The molecule has 140 valence electrons. The number of nitrogens with zero attached hydrogens (tertiary/aromatic N) is 7. The number of primary amides is 1. The molecule has 0 bridgehead atoms. The van der Waals surface area contributed by atoms with Crippen LogP contribution in [-0.4, -0.2) is 48.2 Å². The van der Waals surface area contributed by atoms with E-state index in [-0.39, 0.29) is 6.61 Å². The Morgan fingerprint density at radius 2 is 2.18 bits per heavy atom. The first-order chi connectivity index (χ1) is 13.6. The summed E-state index contributed by atoms with van der Waals surface area (Å²) in [5.41, 5.74) is 8.88. The number of benzene rings is 1. The van der Waals surface area contributed by atoms with Crippen LogP contribution in [0.25, 0.3) is 22.2 Å². The number of pyridine rings is 1. The van der Waals surface area contributed by atoms with E-state index >= 15 is 0 Å². The van der Waals surface area contributed by atoms with Gasteiger partial charge in [0.2, 0.25) is 5.65 Å². The van der Waals surface area contributed by atoms with Crippen LogP contribution in [0, 0.1) is 0 Å². The SMILES string of the molecule is CC(=NOCC(N)=O)c1cnc2nnn(Cc3ccc4ncccc4c3)c2n1. The van der Waals surface area contributed by atoms with Gasteiger partial charge in [0.25, 0.3) is 5.91 Å². The number of oxime groups is 1. The summed E-state index contributed by atoms with van der Waals surface area (Å²) in [6, 6.07) is 9.92. The van der Waals surface area contributed by atoms with Crippen molar-refractivity contribution >= 4 is 33.8 Å². The predicted octanol–water partition coefficient (Wildman–Crippen LogP) is 1.04. The number of amides is 1. The van der Waals surface area contributed by atoms with Gasteiger partial charge in [-0.25, -0.2) is 14.6 Å². The number of nitrogens with two attached hydrogens (primary N) is 1. The second kappa shape index (κ2) is 7.35. The number of fused-ring (bicyclic) bond motifs is 2. The molecule has 10 nitrogen and oxygen atoms in total. The van der Waals surface area contributed by atoms with Gasteiger partial charge in [0.05, 0.1) is 18.3 Å². The molecule has 28 heavy (non-hydrogen) atoms. The lowest BCUT2D eigenvalue weighted by atomic mass is 10.1. The van der Waals surface area contributed by atoms with E-state index in [0.717, 1.165) is 16.5 Å². The third-order valence-electron chi connectivity index (χ3n) is 4.01. The third kappa shape index (κ3) is 3.61. The molecule has 0 unspecified atom stereocenters. The number of carbonyl (C=O) groups excluding carboxylic acids is 1. The standard InChI is InChI=1S/C18H16N8O2/c1-11(24-28-10-16(19)27)15-8-21-17-18(22-15)26(25-23-17)9-12-4-5-14-13(7-12)3-2-6-20-14/h2-8H,9-10H2,1H3,(H2,19,27). The fourth-order valence-electron chi connectivity index (χ4n) is 2.67. The van der Waals surface area contributed by atoms with E-state index in [9.17, 15) is 4.79 Å². The smallest absolute Gasteiger partial charge is 0.258 e. The van der Waals surface area contributed by atoms with Gasteiger partial charge in [-0.3, -0.25) is 9.78 Å². The lowest BCUT2D eigenvalue weighted by Crippen LogP contribution is -2.17. The van der Waals surface area contributed by atoms with Gasteiger partial charge in [0.1, 0.15) is 11.4 Å². The molecule has 3 aromatic heterocycles. The van der Waals surface area contributed by atoms with Crippen molar-refractivity contribution < 1.29 is 9.63 Å². The van der Waals surface area contributed by atoms with Gasteiger partial charge in [-0.05, 0) is 30.7 Å². The largest absolute Gasteiger partial charge is 0.385 e. The first-order valence-corrected chi connectivity index (χ1v) is 8.45. The molecular formula is C18H16N8O2. The van der Waals surface area contributed by atoms with Crippen molar-refractivity contribution in [3.05, 3.63) is 54.0 Å². The zero-order valence-electron chi connectivity index (χ0n) is 15.0. The highest BCUT2D eigenvalue weighted by atomic mass is 16.6. The minimum atomic E-state index is -0.606. The maximum absolute atomic E-state index is 10.7. The van der Waals surface area contributed by atoms with Crippen molar-refractivity contribution in [2.45, 2.75) is 13.5 Å². The van der Waals surface area contributed by atoms with Gasteiger partial charge < -0.3 is 10.6 Å². The zero-order valence-corrected chi connectivity index (χ0v) is 15.0. The Morgan fingerprint density at radius 1 is 1.29 bits per heavy atom. The molecule has 0 spiro atoms. The number of carbonyl (C=O) groups is 1. The molecule has 0 radical (unpaired) electrons. The van der Waals surface area contributed by atoms with E-state index in [1.54, 1.807) is 17.8 Å². The Labute approximate surface area is 159 Å². The monoisotopic (exact) mass is 376 g/mol.